The molecule has 1 aliphatic rings. The Morgan fingerprint density at radius 3 is 2.95 bits per heavy atom. The number of hydrogen-bond donors (Lipinski definition) is 3. The molecule has 3 N–H and O–H groups in total. The van der Waals surface area contributed by atoms with Crippen LogP contribution in [0.25, 0.3) is 0 Å². The van der Waals surface area contributed by atoms with Crippen LogP contribution in [0.2, 0.25) is 0 Å². The number of carbonyl (C=O) groups excluding carboxylic acids is 1. The Hall–Kier alpha value is -2.48. The molecule has 0 aliphatic carbocycles. The van der Waals surface area contributed by atoms with Crippen molar-refractivity contribution < 1.29 is 18.3 Å². The first-order chi connectivity index (χ1) is 10.6. The molecule has 0 fully saturated rings. The van der Waals surface area contributed by atoms with Gasteiger partial charge in [-0.3, -0.25) is 9.89 Å². The third kappa shape index (κ3) is 2.52. The second-order valence-electron chi connectivity index (χ2n) is 4.88. The van der Waals surface area contributed by atoms with Crippen LogP contribution in [0.3, 0.4) is 0 Å². The Kier molecular flexibility index (Phi) is 3.76. The van der Waals surface area contributed by atoms with Gasteiger partial charge in [-0.1, -0.05) is 0 Å². The van der Waals surface area contributed by atoms with E-state index in [9.17, 15) is 13.6 Å². The number of aromatic amines is 1. The molecule has 1 amide bonds. The molecule has 116 valence electrons. The Bertz CT molecular complexity index is 730. The number of rotatable bonds is 3. The maximum Gasteiger partial charge on any atom is 0.276 e. The highest BCUT2D eigenvalue weighted by molar-refractivity contribution is 6.04. The second-order valence-corrected chi connectivity index (χ2v) is 4.88. The summed E-state index contributed by atoms with van der Waals surface area (Å²) in [7, 11) is 1.24. The molecule has 0 saturated heterocycles. The van der Waals surface area contributed by atoms with Gasteiger partial charge in [0.15, 0.2) is 23.1 Å². The molecule has 0 saturated carbocycles. The number of aromatic nitrogens is 2. The first-order valence-electron chi connectivity index (χ1n) is 6.71. The molecule has 0 unspecified atom stereocenters. The first-order valence-corrected chi connectivity index (χ1v) is 6.71. The van der Waals surface area contributed by atoms with Crippen molar-refractivity contribution in [3.8, 4) is 5.75 Å². The number of nitrogens with zero attached hydrogens (tertiary/aromatic N) is 1. The number of carbonyl (C=O) groups is 1. The molecule has 6 nitrogen and oxygen atoms in total. The minimum absolute atomic E-state index is 0.179. The van der Waals surface area contributed by atoms with Gasteiger partial charge in [0.1, 0.15) is 0 Å². The number of halogens is 2. The number of nitrogens with one attached hydrogen (secondary N) is 3. The number of benzene rings is 1. The molecule has 0 radical (unpaired) electrons. The van der Waals surface area contributed by atoms with Crippen LogP contribution in [0.1, 0.15) is 21.7 Å². The largest absolute Gasteiger partial charge is 0.494 e. The molecule has 3 rings (SSSR count). The predicted octanol–water partition coefficient (Wildman–Crippen LogP) is 1.59. The Morgan fingerprint density at radius 2 is 2.18 bits per heavy atom. The zero-order valence-corrected chi connectivity index (χ0v) is 11.8. The van der Waals surface area contributed by atoms with E-state index < -0.39 is 17.5 Å². The first kappa shape index (κ1) is 14.5. The van der Waals surface area contributed by atoms with Crippen LogP contribution in [0.5, 0.6) is 5.75 Å². The second kappa shape index (κ2) is 5.72. The highest BCUT2D eigenvalue weighted by Crippen LogP contribution is 2.25. The summed E-state index contributed by atoms with van der Waals surface area (Å²) in [5.41, 5.74) is 1.55. The molecule has 1 aromatic carbocycles. The number of ether oxygens (including phenoxy) is 1. The van der Waals surface area contributed by atoms with Crippen LogP contribution in [0, 0.1) is 11.6 Å². The van der Waals surface area contributed by atoms with E-state index in [-0.39, 0.29) is 17.1 Å². The smallest absolute Gasteiger partial charge is 0.276 e. The van der Waals surface area contributed by atoms with Crippen molar-refractivity contribution in [2.75, 3.05) is 19.0 Å². The molecule has 8 heteroatoms. The van der Waals surface area contributed by atoms with E-state index in [0.717, 1.165) is 36.4 Å². The summed E-state index contributed by atoms with van der Waals surface area (Å²) in [5, 5.41) is 12.2. The van der Waals surface area contributed by atoms with Crippen LogP contribution in [0.4, 0.5) is 14.5 Å². The molecule has 1 aromatic heterocycles. The van der Waals surface area contributed by atoms with Gasteiger partial charge in [0.05, 0.1) is 12.8 Å². The predicted molar refractivity (Wildman–Crippen MR) is 74.9 cm³/mol. The van der Waals surface area contributed by atoms with Gasteiger partial charge in [-0.15, -0.1) is 0 Å². The van der Waals surface area contributed by atoms with Gasteiger partial charge in [0.2, 0.25) is 0 Å². The third-order valence-electron chi connectivity index (χ3n) is 3.51. The molecule has 1 aliphatic heterocycles. The fourth-order valence-electron chi connectivity index (χ4n) is 2.38. The van der Waals surface area contributed by atoms with Crippen LogP contribution in [-0.4, -0.2) is 29.8 Å². The molecule has 0 bridgehead atoms. The molecule has 22 heavy (non-hydrogen) atoms. The lowest BCUT2D eigenvalue weighted by molar-refractivity contribution is 0.102. The highest BCUT2D eigenvalue weighted by Gasteiger charge is 2.22. The van der Waals surface area contributed by atoms with Crippen molar-refractivity contribution in [3.05, 3.63) is 40.7 Å². The molecular formula is C14H14F2N4O2. The van der Waals surface area contributed by atoms with E-state index >= 15 is 0 Å². The number of fused-ring (bicyclic) bond motifs is 1. The van der Waals surface area contributed by atoms with E-state index in [1.807, 2.05) is 0 Å². The SMILES string of the molecule is COc1cc(F)c(NC(=O)c2n[nH]c3c2CNCC3)cc1F. The summed E-state index contributed by atoms with van der Waals surface area (Å²) in [6.07, 6.45) is 0.737. The van der Waals surface area contributed by atoms with Crippen LogP contribution in [-0.2, 0) is 13.0 Å². The maximum atomic E-state index is 13.9. The minimum Gasteiger partial charge on any atom is -0.494 e. The topological polar surface area (TPSA) is 79.0 Å². The van der Waals surface area contributed by atoms with Gasteiger partial charge >= 0.3 is 0 Å². The number of amides is 1. The molecular weight excluding hydrogens is 294 g/mol. The fourth-order valence-corrected chi connectivity index (χ4v) is 2.38. The zero-order valence-electron chi connectivity index (χ0n) is 11.8. The van der Waals surface area contributed by atoms with Gasteiger partial charge < -0.3 is 15.4 Å². The standard InChI is InChI=1S/C14H14F2N4O2/c1-22-12-5-8(15)11(4-9(12)16)18-14(21)13-7-6-17-3-2-10(7)19-20-13/h4-5,17H,2-3,6H2,1H3,(H,18,21)(H,19,20). The van der Waals surface area contributed by atoms with Gasteiger partial charge in [-0.2, -0.15) is 5.10 Å². The summed E-state index contributed by atoms with van der Waals surface area (Å²) in [4.78, 5) is 12.2. The minimum atomic E-state index is -0.783. The third-order valence-corrected chi connectivity index (χ3v) is 3.51. The number of H-pyrrole nitrogens is 1. The number of methoxy groups -OCH3 is 1. The zero-order chi connectivity index (χ0) is 15.7. The summed E-state index contributed by atoms with van der Waals surface area (Å²) in [6, 6.07) is 1.76. The number of anilines is 1. The Labute approximate surface area is 124 Å². The summed E-state index contributed by atoms with van der Waals surface area (Å²) >= 11 is 0. The van der Waals surface area contributed by atoms with Crippen LogP contribution < -0.4 is 15.4 Å². The molecule has 2 heterocycles. The average molecular weight is 308 g/mol. The fraction of sp³-hybridized carbons (Fsp3) is 0.286. The monoisotopic (exact) mass is 308 g/mol. The molecule has 0 spiro atoms. The summed E-state index contributed by atoms with van der Waals surface area (Å²) < 4.78 is 32.2. The lowest BCUT2D eigenvalue weighted by Gasteiger charge is -2.13. The molecule has 0 atom stereocenters. The van der Waals surface area contributed by atoms with E-state index in [1.54, 1.807) is 0 Å². The van der Waals surface area contributed by atoms with E-state index in [1.165, 1.54) is 7.11 Å². The average Bonchev–Trinajstić information content (AvgIpc) is 2.94. The van der Waals surface area contributed by atoms with Crippen LogP contribution in [0.15, 0.2) is 12.1 Å². The van der Waals surface area contributed by atoms with E-state index in [0.29, 0.717) is 6.54 Å². The maximum absolute atomic E-state index is 13.9. The van der Waals surface area contributed by atoms with E-state index in [4.69, 9.17) is 0 Å². The van der Waals surface area contributed by atoms with Crippen LogP contribution >= 0.6 is 0 Å². The van der Waals surface area contributed by atoms with Gasteiger partial charge in [0.25, 0.3) is 5.91 Å². The lowest BCUT2D eigenvalue weighted by atomic mass is 10.1. The van der Waals surface area contributed by atoms with Crippen molar-refractivity contribution in [3.63, 3.8) is 0 Å². The lowest BCUT2D eigenvalue weighted by Crippen LogP contribution is -2.25. The summed E-state index contributed by atoms with van der Waals surface area (Å²) in [6.45, 7) is 1.31. The number of hydrogen-bond acceptors (Lipinski definition) is 4. The normalized spacial score (nSPS) is 13.6. The van der Waals surface area contributed by atoms with Gasteiger partial charge in [-0.05, 0) is 0 Å². The van der Waals surface area contributed by atoms with Crippen molar-refractivity contribution >= 4 is 11.6 Å². The van der Waals surface area contributed by atoms with Crippen molar-refractivity contribution in [1.29, 1.82) is 0 Å². The van der Waals surface area contributed by atoms with E-state index in [2.05, 4.69) is 25.6 Å². The van der Waals surface area contributed by atoms with Crippen molar-refractivity contribution in [1.82, 2.24) is 15.5 Å². The summed E-state index contributed by atoms with van der Waals surface area (Å²) in [5.74, 6) is -2.36. The molecule has 2 aromatic rings. The Balaban J connectivity index is 1.86. The van der Waals surface area contributed by atoms with Gasteiger partial charge in [-0.25, -0.2) is 8.78 Å². The van der Waals surface area contributed by atoms with Crippen molar-refractivity contribution in [2.24, 2.45) is 0 Å². The van der Waals surface area contributed by atoms with Gasteiger partial charge in [0, 0.05) is 42.9 Å². The quantitative estimate of drug-likeness (QED) is 0.804. The van der Waals surface area contributed by atoms with Crippen molar-refractivity contribution in [2.45, 2.75) is 13.0 Å². The highest BCUT2D eigenvalue weighted by atomic mass is 19.1. The Morgan fingerprint density at radius 1 is 1.36 bits per heavy atom.